The predicted octanol–water partition coefficient (Wildman–Crippen LogP) is 1.50. The van der Waals surface area contributed by atoms with E-state index in [4.69, 9.17) is 0 Å². The van der Waals surface area contributed by atoms with Gasteiger partial charge in [-0.3, -0.25) is 10.1 Å². The summed E-state index contributed by atoms with van der Waals surface area (Å²) in [5.41, 5.74) is 1.21. The molecule has 2 rings (SSSR count). The second-order valence-electron chi connectivity index (χ2n) is 4.45. The van der Waals surface area contributed by atoms with Crippen molar-refractivity contribution in [2.75, 3.05) is 16.8 Å². The van der Waals surface area contributed by atoms with Crippen LogP contribution in [0.1, 0.15) is 12.0 Å². The first-order chi connectivity index (χ1) is 8.39. The Hall–Kier alpha value is -1.63. The number of sulfone groups is 1. The molecule has 18 heavy (non-hydrogen) atoms. The third-order valence-electron chi connectivity index (χ3n) is 3.09. The molecule has 1 saturated heterocycles. The van der Waals surface area contributed by atoms with Gasteiger partial charge in [0.25, 0.3) is 5.69 Å². The molecule has 7 heteroatoms. The first-order valence-corrected chi connectivity index (χ1v) is 7.42. The Morgan fingerprint density at radius 2 is 2.17 bits per heavy atom. The monoisotopic (exact) mass is 270 g/mol. The molecule has 1 aliphatic rings. The molecule has 0 bridgehead atoms. The number of nitro benzene ring substituents is 1. The molecule has 6 nitrogen and oxygen atoms in total. The van der Waals surface area contributed by atoms with Crippen LogP contribution < -0.4 is 5.32 Å². The van der Waals surface area contributed by atoms with Crippen molar-refractivity contribution in [2.45, 2.75) is 19.4 Å². The van der Waals surface area contributed by atoms with Gasteiger partial charge in [-0.2, -0.15) is 0 Å². The van der Waals surface area contributed by atoms with Crippen LogP contribution in [0.25, 0.3) is 0 Å². The predicted molar refractivity (Wildman–Crippen MR) is 68.5 cm³/mol. The van der Waals surface area contributed by atoms with Gasteiger partial charge in [0.2, 0.25) is 0 Å². The Balaban J connectivity index is 2.20. The van der Waals surface area contributed by atoms with Crippen molar-refractivity contribution in [1.29, 1.82) is 0 Å². The highest BCUT2D eigenvalue weighted by Crippen LogP contribution is 2.27. The number of hydrogen-bond donors (Lipinski definition) is 1. The van der Waals surface area contributed by atoms with Gasteiger partial charge in [0.15, 0.2) is 9.84 Å². The Bertz CT molecular complexity index is 583. The van der Waals surface area contributed by atoms with Gasteiger partial charge in [0.1, 0.15) is 0 Å². The van der Waals surface area contributed by atoms with Crippen molar-refractivity contribution in [3.8, 4) is 0 Å². The van der Waals surface area contributed by atoms with Crippen molar-refractivity contribution in [3.05, 3.63) is 33.9 Å². The van der Waals surface area contributed by atoms with Crippen molar-refractivity contribution < 1.29 is 13.3 Å². The topological polar surface area (TPSA) is 89.3 Å². The standard InChI is InChI=1S/C11H14N2O4S/c1-8-10(3-2-4-11(8)13(14)15)12-9-5-6-18(16,17)7-9/h2-4,9,12H,5-7H2,1H3. The minimum absolute atomic E-state index is 0.0425. The van der Waals surface area contributed by atoms with Crippen LogP contribution in [0.2, 0.25) is 0 Å². The van der Waals surface area contributed by atoms with Crippen molar-refractivity contribution in [1.82, 2.24) is 0 Å². The molecule has 0 radical (unpaired) electrons. The van der Waals surface area contributed by atoms with E-state index in [0.717, 1.165) is 0 Å². The van der Waals surface area contributed by atoms with E-state index in [-0.39, 0.29) is 23.2 Å². The van der Waals surface area contributed by atoms with Gasteiger partial charge in [-0.25, -0.2) is 8.42 Å². The van der Waals surface area contributed by atoms with Gasteiger partial charge >= 0.3 is 0 Å². The molecule has 1 aliphatic heterocycles. The van der Waals surface area contributed by atoms with Crippen LogP contribution in [-0.2, 0) is 9.84 Å². The fourth-order valence-electron chi connectivity index (χ4n) is 2.11. The summed E-state index contributed by atoms with van der Waals surface area (Å²) in [6.07, 6.45) is 0.546. The summed E-state index contributed by atoms with van der Waals surface area (Å²) < 4.78 is 22.7. The zero-order valence-corrected chi connectivity index (χ0v) is 10.7. The molecule has 0 amide bonds. The fraction of sp³-hybridized carbons (Fsp3) is 0.455. The Morgan fingerprint density at radius 1 is 1.44 bits per heavy atom. The maximum Gasteiger partial charge on any atom is 0.274 e. The molecule has 0 saturated carbocycles. The summed E-state index contributed by atoms with van der Waals surface area (Å²) in [5, 5.41) is 13.9. The number of benzene rings is 1. The summed E-state index contributed by atoms with van der Waals surface area (Å²) in [4.78, 5) is 10.4. The molecular formula is C11H14N2O4S. The van der Waals surface area contributed by atoms with Crippen molar-refractivity contribution in [2.24, 2.45) is 0 Å². The number of rotatable bonds is 3. The minimum Gasteiger partial charge on any atom is -0.381 e. The van der Waals surface area contributed by atoms with E-state index in [0.29, 0.717) is 17.7 Å². The van der Waals surface area contributed by atoms with Gasteiger partial charge in [0, 0.05) is 23.4 Å². The molecule has 1 heterocycles. The van der Waals surface area contributed by atoms with E-state index in [9.17, 15) is 18.5 Å². The highest BCUT2D eigenvalue weighted by atomic mass is 32.2. The molecular weight excluding hydrogens is 256 g/mol. The quantitative estimate of drug-likeness (QED) is 0.664. The van der Waals surface area contributed by atoms with E-state index in [1.807, 2.05) is 0 Å². The van der Waals surface area contributed by atoms with Crippen LogP contribution in [0.4, 0.5) is 11.4 Å². The minimum atomic E-state index is -2.95. The smallest absolute Gasteiger partial charge is 0.274 e. The second-order valence-corrected chi connectivity index (χ2v) is 6.68. The lowest BCUT2D eigenvalue weighted by Gasteiger charge is -2.14. The zero-order valence-electron chi connectivity index (χ0n) is 9.92. The fourth-order valence-corrected chi connectivity index (χ4v) is 3.78. The maximum atomic E-state index is 11.3. The molecule has 0 aromatic heterocycles. The summed E-state index contributed by atoms with van der Waals surface area (Å²) in [7, 11) is -2.95. The summed E-state index contributed by atoms with van der Waals surface area (Å²) in [5.74, 6) is 0.272. The van der Waals surface area contributed by atoms with Gasteiger partial charge < -0.3 is 5.32 Å². The second kappa shape index (κ2) is 4.56. The SMILES string of the molecule is Cc1c(NC2CCS(=O)(=O)C2)cccc1[N+](=O)[O-]. The lowest BCUT2D eigenvalue weighted by Crippen LogP contribution is -2.21. The normalized spacial score (nSPS) is 21.7. The molecule has 1 aromatic carbocycles. The van der Waals surface area contributed by atoms with Crippen LogP contribution in [0.3, 0.4) is 0 Å². The summed E-state index contributed by atoms with van der Waals surface area (Å²) in [6, 6.07) is 4.60. The van der Waals surface area contributed by atoms with Gasteiger partial charge in [-0.05, 0) is 19.4 Å². The average molecular weight is 270 g/mol. The Kier molecular flexibility index (Phi) is 3.25. The first-order valence-electron chi connectivity index (χ1n) is 5.60. The highest BCUT2D eigenvalue weighted by molar-refractivity contribution is 7.91. The largest absolute Gasteiger partial charge is 0.381 e. The first kappa shape index (κ1) is 12.8. The van der Waals surface area contributed by atoms with Crippen LogP contribution in [0.15, 0.2) is 18.2 Å². The van der Waals surface area contributed by atoms with E-state index >= 15 is 0 Å². The molecule has 1 atom stereocenters. The lowest BCUT2D eigenvalue weighted by molar-refractivity contribution is -0.385. The number of anilines is 1. The van der Waals surface area contributed by atoms with Crippen LogP contribution in [0.5, 0.6) is 0 Å². The van der Waals surface area contributed by atoms with Gasteiger partial charge in [0.05, 0.1) is 16.4 Å². The molecule has 98 valence electrons. The molecule has 0 aliphatic carbocycles. The molecule has 1 fully saturated rings. The van der Waals surface area contributed by atoms with Crippen molar-refractivity contribution >= 4 is 21.2 Å². The Morgan fingerprint density at radius 3 is 2.72 bits per heavy atom. The van der Waals surface area contributed by atoms with Gasteiger partial charge in [-0.1, -0.05) is 6.07 Å². The maximum absolute atomic E-state index is 11.3. The summed E-state index contributed by atoms with van der Waals surface area (Å²) in [6.45, 7) is 1.66. The third-order valence-corrected chi connectivity index (χ3v) is 4.86. The van der Waals surface area contributed by atoms with E-state index in [1.54, 1.807) is 19.1 Å². The number of nitrogens with one attached hydrogen (secondary N) is 1. The lowest BCUT2D eigenvalue weighted by atomic mass is 10.1. The molecule has 1 aromatic rings. The van der Waals surface area contributed by atoms with Crippen LogP contribution >= 0.6 is 0 Å². The highest BCUT2D eigenvalue weighted by Gasteiger charge is 2.28. The average Bonchev–Trinajstić information content (AvgIpc) is 2.61. The summed E-state index contributed by atoms with van der Waals surface area (Å²) >= 11 is 0. The van der Waals surface area contributed by atoms with E-state index < -0.39 is 14.8 Å². The number of nitro groups is 1. The van der Waals surface area contributed by atoms with Crippen LogP contribution in [0, 0.1) is 17.0 Å². The Labute approximate surface area is 105 Å². The van der Waals surface area contributed by atoms with E-state index in [2.05, 4.69) is 5.32 Å². The molecule has 0 spiro atoms. The van der Waals surface area contributed by atoms with Gasteiger partial charge in [-0.15, -0.1) is 0 Å². The van der Waals surface area contributed by atoms with E-state index in [1.165, 1.54) is 6.07 Å². The van der Waals surface area contributed by atoms with Crippen LogP contribution in [-0.4, -0.2) is 30.9 Å². The number of hydrogen-bond acceptors (Lipinski definition) is 5. The molecule has 1 N–H and O–H groups in total. The van der Waals surface area contributed by atoms with Crippen molar-refractivity contribution in [3.63, 3.8) is 0 Å². The zero-order chi connectivity index (χ0) is 13.3. The third kappa shape index (κ3) is 2.61. The number of nitrogens with zero attached hydrogens (tertiary/aromatic N) is 1. The molecule has 1 unspecified atom stereocenters.